The van der Waals surface area contributed by atoms with Crippen molar-refractivity contribution < 1.29 is 0 Å². The fourth-order valence-corrected chi connectivity index (χ4v) is 2.19. The van der Waals surface area contributed by atoms with Crippen LogP contribution in [-0.4, -0.2) is 6.04 Å². The summed E-state index contributed by atoms with van der Waals surface area (Å²) in [4.78, 5) is 0. The van der Waals surface area contributed by atoms with Crippen LogP contribution >= 0.6 is 0 Å². The van der Waals surface area contributed by atoms with E-state index in [0.717, 1.165) is 5.92 Å². The Bertz CT molecular complexity index is 137. The van der Waals surface area contributed by atoms with E-state index in [2.05, 4.69) is 12.0 Å². The molecular formula is C11H22N2. The second kappa shape index (κ2) is 6.17. The normalized spacial score (nSPS) is 22.2. The van der Waals surface area contributed by atoms with Gasteiger partial charge < -0.3 is 0 Å². The van der Waals surface area contributed by atoms with Gasteiger partial charge in [-0.3, -0.25) is 11.3 Å². The molecule has 1 unspecified atom stereocenters. The smallest absolute Gasteiger partial charge is 0.0390 e. The maximum Gasteiger partial charge on any atom is 0.0390 e. The number of hydrazine groups is 1. The maximum atomic E-state index is 5.42. The molecule has 2 nitrogen and oxygen atoms in total. The standard InChI is InChI=1S/C11H22N2/c1-2-11(13-12)9-10-7-5-3-4-6-8-10/h2,10-11,13H,1,3-9,12H2. The molecular weight excluding hydrogens is 160 g/mol. The molecule has 0 aromatic carbocycles. The van der Waals surface area contributed by atoms with Gasteiger partial charge in [-0.2, -0.15) is 0 Å². The molecule has 1 aliphatic rings. The van der Waals surface area contributed by atoms with Crippen molar-refractivity contribution in [3.63, 3.8) is 0 Å². The van der Waals surface area contributed by atoms with E-state index < -0.39 is 0 Å². The average molecular weight is 182 g/mol. The molecule has 0 spiro atoms. The van der Waals surface area contributed by atoms with Crippen molar-refractivity contribution in [2.45, 2.75) is 51.0 Å². The lowest BCUT2D eigenvalue weighted by Gasteiger charge is -2.18. The Hall–Kier alpha value is -0.340. The minimum absolute atomic E-state index is 0.308. The Balaban J connectivity index is 2.28. The highest BCUT2D eigenvalue weighted by molar-refractivity contribution is 4.86. The zero-order valence-electron chi connectivity index (χ0n) is 8.47. The van der Waals surface area contributed by atoms with Crippen LogP contribution in [0.3, 0.4) is 0 Å². The van der Waals surface area contributed by atoms with E-state index >= 15 is 0 Å². The zero-order chi connectivity index (χ0) is 9.52. The number of nitrogens with two attached hydrogens (primary N) is 1. The van der Waals surface area contributed by atoms with Crippen LogP contribution < -0.4 is 11.3 Å². The summed E-state index contributed by atoms with van der Waals surface area (Å²) in [6.07, 6.45) is 11.5. The predicted octanol–water partition coefficient (Wildman–Crippen LogP) is 2.36. The van der Waals surface area contributed by atoms with Gasteiger partial charge in [0.15, 0.2) is 0 Å². The number of hydrogen-bond donors (Lipinski definition) is 2. The SMILES string of the molecule is C=CC(CC1CCCCCC1)NN. The lowest BCUT2D eigenvalue weighted by molar-refractivity contribution is 0.384. The summed E-state index contributed by atoms with van der Waals surface area (Å²) in [6.45, 7) is 3.78. The molecule has 2 heteroatoms. The van der Waals surface area contributed by atoms with Gasteiger partial charge in [0.25, 0.3) is 0 Å². The average Bonchev–Trinajstić information content (AvgIpc) is 2.42. The van der Waals surface area contributed by atoms with Crippen LogP contribution in [0.15, 0.2) is 12.7 Å². The Morgan fingerprint density at radius 3 is 2.38 bits per heavy atom. The molecule has 0 aliphatic heterocycles. The minimum atomic E-state index is 0.308. The summed E-state index contributed by atoms with van der Waals surface area (Å²) in [5.41, 5.74) is 2.80. The lowest BCUT2D eigenvalue weighted by atomic mass is 9.93. The molecule has 0 bridgehead atoms. The van der Waals surface area contributed by atoms with Crippen LogP contribution in [0.2, 0.25) is 0 Å². The molecule has 0 aromatic rings. The first-order chi connectivity index (χ1) is 6.36. The quantitative estimate of drug-likeness (QED) is 0.303. The van der Waals surface area contributed by atoms with E-state index in [1.165, 1.54) is 44.9 Å². The van der Waals surface area contributed by atoms with Gasteiger partial charge in [-0.25, -0.2) is 0 Å². The maximum absolute atomic E-state index is 5.42. The van der Waals surface area contributed by atoms with E-state index in [0.29, 0.717) is 6.04 Å². The first kappa shape index (κ1) is 10.7. The van der Waals surface area contributed by atoms with Crippen LogP contribution in [0.5, 0.6) is 0 Å². The molecule has 0 amide bonds. The van der Waals surface area contributed by atoms with E-state index in [-0.39, 0.29) is 0 Å². The second-order valence-corrected chi connectivity index (χ2v) is 4.10. The monoisotopic (exact) mass is 182 g/mol. The highest BCUT2D eigenvalue weighted by Crippen LogP contribution is 2.26. The van der Waals surface area contributed by atoms with Crippen molar-refractivity contribution in [1.29, 1.82) is 0 Å². The van der Waals surface area contributed by atoms with Gasteiger partial charge >= 0.3 is 0 Å². The van der Waals surface area contributed by atoms with Gasteiger partial charge in [-0.15, -0.1) is 6.58 Å². The molecule has 1 fully saturated rings. The Labute approximate surface area is 81.6 Å². The van der Waals surface area contributed by atoms with Crippen molar-refractivity contribution in [1.82, 2.24) is 5.43 Å². The van der Waals surface area contributed by atoms with E-state index in [1.807, 2.05) is 6.08 Å². The molecule has 76 valence electrons. The van der Waals surface area contributed by atoms with Crippen molar-refractivity contribution >= 4 is 0 Å². The van der Waals surface area contributed by atoms with Gasteiger partial charge in [0, 0.05) is 6.04 Å². The molecule has 1 saturated carbocycles. The molecule has 1 aliphatic carbocycles. The van der Waals surface area contributed by atoms with E-state index in [1.54, 1.807) is 0 Å². The van der Waals surface area contributed by atoms with Crippen molar-refractivity contribution in [2.24, 2.45) is 11.8 Å². The molecule has 13 heavy (non-hydrogen) atoms. The highest BCUT2D eigenvalue weighted by atomic mass is 15.2. The molecule has 1 rings (SSSR count). The highest BCUT2D eigenvalue weighted by Gasteiger charge is 2.15. The Morgan fingerprint density at radius 2 is 1.92 bits per heavy atom. The predicted molar refractivity (Wildman–Crippen MR) is 57.1 cm³/mol. The summed E-state index contributed by atoms with van der Waals surface area (Å²) in [7, 11) is 0. The van der Waals surface area contributed by atoms with Gasteiger partial charge in [-0.1, -0.05) is 44.6 Å². The summed E-state index contributed by atoms with van der Waals surface area (Å²) in [5, 5.41) is 0. The molecule has 0 heterocycles. The van der Waals surface area contributed by atoms with Gasteiger partial charge in [-0.05, 0) is 12.3 Å². The van der Waals surface area contributed by atoms with Crippen LogP contribution in [0, 0.1) is 5.92 Å². The minimum Gasteiger partial charge on any atom is -0.271 e. The molecule has 3 N–H and O–H groups in total. The Kier molecular flexibility index (Phi) is 5.09. The first-order valence-corrected chi connectivity index (χ1v) is 5.45. The van der Waals surface area contributed by atoms with Crippen molar-refractivity contribution in [3.05, 3.63) is 12.7 Å². The second-order valence-electron chi connectivity index (χ2n) is 4.10. The molecule has 0 aromatic heterocycles. The van der Waals surface area contributed by atoms with Crippen LogP contribution in [-0.2, 0) is 0 Å². The summed E-state index contributed by atoms with van der Waals surface area (Å²) < 4.78 is 0. The lowest BCUT2D eigenvalue weighted by Crippen LogP contribution is -2.34. The number of nitrogens with one attached hydrogen (secondary N) is 1. The third-order valence-corrected chi connectivity index (χ3v) is 3.06. The summed E-state index contributed by atoms with van der Waals surface area (Å²) in [5.74, 6) is 6.28. The van der Waals surface area contributed by atoms with Gasteiger partial charge in [0.05, 0.1) is 0 Å². The van der Waals surface area contributed by atoms with Gasteiger partial charge in [0.1, 0.15) is 0 Å². The fourth-order valence-electron chi connectivity index (χ4n) is 2.19. The molecule has 0 radical (unpaired) electrons. The van der Waals surface area contributed by atoms with Crippen LogP contribution in [0.1, 0.15) is 44.9 Å². The van der Waals surface area contributed by atoms with Crippen molar-refractivity contribution in [2.75, 3.05) is 0 Å². The summed E-state index contributed by atoms with van der Waals surface area (Å²) >= 11 is 0. The number of hydrogen-bond acceptors (Lipinski definition) is 2. The third-order valence-electron chi connectivity index (χ3n) is 3.06. The van der Waals surface area contributed by atoms with Crippen LogP contribution in [0.25, 0.3) is 0 Å². The third kappa shape index (κ3) is 3.92. The van der Waals surface area contributed by atoms with E-state index in [4.69, 9.17) is 5.84 Å². The topological polar surface area (TPSA) is 38.0 Å². The fraction of sp³-hybridized carbons (Fsp3) is 0.818. The first-order valence-electron chi connectivity index (χ1n) is 5.45. The van der Waals surface area contributed by atoms with Gasteiger partial charge in [0.2, 0.25) is 0 Å². The van der Waals surface area contributed by atoms with Crippen LogP contribution in [0.4, 0.5) is 0 Å². The largest absolute Gasteiger partial charge is 0.271 e. The van der Waals surface area contributed by atoms with E-state index in [9.17, 15) is 0 Å². The molecule has 1 atom stereocenters. The van der Waals surface area contributed by atoms with Crippen molar-refractivity contribution in [3.8, 4) is 0 Å². The number of rotatable bonds is 4. The molecule has 0 saturated heterocycles. The summed E-state index contributed by atoms with van der Waals surface area (Å²) in [6, 6.07) is 0.308. The zero-order valence-corrected chi connectivity index (χ0v) is 8.47. The Morgan fingerprint density at radius 1 is 1.31 bits per heavy atom.